The number of aromatic hydroxyl groups is 1. The fraction of sp³-hybridized carbons (Fsp3) is 0.360. The van der Waals surface area contributed by atoms with Crippen LogP contribution in [0.2, 0.25) is 0 Å². The zero-order chi connectivity index (χ0) is 23.4. The Morgan fingerprint density at radius 2 is 1.81 bits per heavy atom. The van der Waals surface area contributed by atoms with E-state index in [1.807, 2.05) is 0 Å². The van der Waals surface area contributed by atoms with Crippen LogP contribution in [0.4, 0.5) is 0 Å². The van der Waals surface area contributed by atoms with Crippen molar-refractivity contribution in [1.82, 2.24) is 4.90 Å². The van der Waals surface area contributed by atoms with Gasteiger partial charge < -0.3 is 24.6 Å². The zero-order valence-corrected chi connectivity index (χ0v) is 18.8. The van der Waals surface area contributed by atoms with Gasteiger partial charge in [0.25, 0.3) is 11.7 Å². The van der Waals surface area contributed by atoms with Crippen LogP contribution in [0.3, 0.4) is 0 Å². The number of carbonyl (C=O) groups excluding carboxylic acids is 2. The van der Waals surface area contributed by atoms with Gasteiger partial charge in [-0.3, -0.25) is 9.59 Å². The van der Waals surface area contributed by atoms with Crippen LogP contribution < -0.4 is 9.47 Å². The lowest BCUT2D eigenvalue weighted by Gasteiger charge is -2.26. The number of likely N-dealkylation sites (tertiary alicyclic amines) is 1. The number of Topliss-reactive ketones (excluding diaryl/α,β-unsaturated/α-hetero) is 1. The van der Waals surface area contributed by atoms with Crippen LogP contribution in [0.15, 0.2) is 42.0 Å². The molecule has 2 aromatic carbocycles. The van der Waals surface area contributed by atoms with Gasteiger partial charge in [-0.25, -0.2) is 0 Å². The number of nitrogens with zero attached hydrogens (tertiary/aromatic N) is 1. The van der Waals surface area contributed by atoms with E-state index >= 15 is 0 Å². The molecule has 3 rings (SSSR count). The Morgan fingerprint density at radius 3 is 2.41 bits per heavy atom. The third-order valence-electron chi connectivity index (χ3n) is 5.75. The Kier molecular flexibility index (Phi) is 7.08. The molecule has 1 amide bonds. The van der Waals surface area contributed by atoms with Crippen molar-refractivity contribution in [1.29, 1.82) is 0 Å². The van der Waals surface area contributed by atoms with Crippen LogP contribution in [0.25, 0.3) is 5.76 Å². The first-order valence-corrected chi connectivity index (χ1v) is 10.6. The van der Waals surface area contributed by atoms with Gasteiger partial charge in [-0.2, -0.15) is 0 Å². The summed E-state index contributed by atoms with van der Waals surface area (Å²) in [5, 5.41) is 21.5. The van der Waals surface area contributed by atoms with Crippen molar-refractivity contribution < 1.29 is 29.3 Å². The summed E-state index contributed by atoms with van der Waals surface area (Å²) in [6.07, 6.45) is 2.59. The molecule has 170 valence electrons. The van der Waals surface area contributed by atoms with Crippen molar-refractivity contribution in [2.75, 3.05) is 20.8 Å². The van der Waals surface area contributed by atoms with E-state index in [9.17, 15) is 19.8 Å². The standard InChI is InChI=1S/C25H29NO6/c1-5-6-7-12-26-22(16-8-11-20(32-4)19(27)14-16)21(24(29)25(26)30)23(28)18-10-9-17(31-3)13-15(18)2/h8-11,13-14,22,27-28H,5-7,12H2,1-4H3/b23-21-. The van der Waals surface area contributed by atoms with Crippen molar-refractivity contribution in [2.45, 2.75) is 39.2 Å². The van der Waals surface area contributed by atoms with Gasteiger partial charge in [0.05, 0.1) is 25.8 Å². The molecule has 0 aromatic heterocycles. The van der Waals surface area contributed by atoms with Gasteiger partial charge in [-0.15, -0.1) is 0 Å². The fourth-order valence-electron chi connectivity index (χ4n) is 4.04. The van der Waals surface area contributed by atoms with Gasteiger partial charge in [0, 0.05) is 12.1 Å². The number of amides is 1. The molecule has 32 heavy (non-hydrogen) atoms. The lowest BCUT2D eigenvalue weighted by molar-refractivity contribution is -0.139. The minimum atomic E-state index is -0.815. The van der Waals surface area contributed by atoms with Gasteiger partial charge in [0.1, 0.15) is 11.5 Å². The van der Waals surface area contributed by atoms with Crippen molar-refractivity contribution in [3.8, 4) is 17.2 Å². The highest BCUT2D eigenvalue weighted by Crippen LogP contribution is 2.42. The molecule has 1 fully saturated rings. The Labute approximate surface area is 187 Å². The highest BCUT2D eigenvalue weighted by molar-refractivity contribution is 6.46. The number of unbranched alkanes of at least 4 members (excludes halogenated alkanes) is 2. The topological polar surface area (TPSA) is 96.3 Å². The molecule has 1 atom stereocenters. The van der Waals surface area contributed by atoms with Gasteiger partial charge in [0.15, 0.2) is 11.5 Å². The summed E-state index contributed by atoms with van der Waals surface area (Å²) in [5.41, 5.74) is 1.67. The molecule has 1 saturated heterocycles. The molecular formula is C25H29NO6. The first-order chi connectivity index (χ1) is 15.3. The quantitative estimate of drug-likeness (QED) is 0.275. The van der Waals surface area contributed by atoms with E-state index in [4.69, 9.17) is 9.47 Å². The van der Waals surface area contributed by atoms with Crippen LogP contribution >= 0.6 is 0 Å². The highest BCUT2D eigenvalue weighted by atomic mass is 16.5. The second kappa shape index (κ2) is 9.77. The van der Waals surface area contributed by atoms with E-state index in [-0.39, 0.29) is 22.8 Å². The van der Waals surface area contributed by atoms with Crippen molar-refractivity contribution in [3.05, 3.63) is 58.7 Å². The predicted molar refractivity (Wildman–Crippen MR) is 121 cm³/mol. The van der Waals surface area contributed by atoms with Gasteiger partial charge >= 0.3 is 0 Å². The highest BCUT2D eigenvalue weighted by Gasteiger charge is 2.46. The molecule has 7 nitrogen and oxygen atoms in total. The molecule has 0 bridgehead atoms. The van der Waals surface area contributed by atoms with E-state index in [0.29, 0.717) is 29.0 Å². The van der Waals surface area contributed by atoms with Crippen molar-refractivity contribution in [2.24, 2.45) is 0 Å². The number of ketones is 1. The van der Waals surface area contributed by atoms with Crippen molar-refractivity contribution >= 4 is 17.4 Å². The first kappa shape index (κ1) is 23.2. The number of aliphatic hydroxyl groups excluding tert-OH is 1. The Hall–Kier alpha value is -3.48. The van der Waals surface area contributed by atoms with E-state index in [1.165, 1.54) is 18.1 Å². The van der Waals surface area contributed by atoms with Crippen LogP contribution in [0.5, 0.6) is 17.2 Å². The lowest BCUT2D eigenvalue weighted by Crippen LogP contribution is -2.30. The summed E-state index contributed by atoms with van der Waals surface area (Å²) in [6, 6.07) is 9.03. The Balaban J connectivity index is 2.17. The fourth-order valence-corrected chi connectivity index (χ4v) is 4.04. The van der Waals surface area contributed by atoms with E-state index in [2.05, 4.69) is 6.92 Å². The summed E-state index contributed by atoms with van der Waals surface area (Å²) < 4.78 is 10.3. The molecule has 1 unspecified atom stereocenters. The molecule has 7 heteroatoms. The molecule has 2 N–H and O–H groups in total. The number of methoxy groups -OCH3 is 2. The second-order valence-corrected chi connectivity index (χ2v) is 7.81. The first-order valence-electron chi connectivity index (χ1n) is 10.6. The Bertz CT molecular complexity index is 1060. The summed E-state index contributed by atoms with van der Waals surface area (Å²) in [4.78, 5) is 27.5. The molecule has 2 aromatic rings. The maximum Gasteiger partial charge on any atom is 0.295 e. The summed E-state index contributed by atoms with van der Waals surface area (Å²) >= 11 is 0. The summed E-state index contributed by atoms with van der Waals surface area (Å²) in [7, 11) is 2.99. The van der Waals surface area contributed by atoms with Crippen LogP contribution in [-0.4, -0.2) is 47.6 Å². The van der Waals surface area contributed by atoms with Crippen LogP contribution in [0, 0.1) is 6.92 Å². The average molecular weight is 440 g/mol. The number of benzene rings is 2. The molecule has 1 heterocycles. The third kappa shape index (κ3) is 4.28. The number of hydrogen-bond donors (Lipinski definition) is 2. The predicted octanol–water partition coefficient (Wildman–Crippen LogP) is 4.33. The summed E-state index contributed by atoms with van der Waals surface area (Å²) in [6.45, 7) is 4.22. The molecule has 0 spiro atoms. The third-order valence-corrected chi connectivity index (χ3v) is 5.75. The smallest absolute Gasteiger partial charge is 0.295 e. The van der Waals surface area contributed by atoms with Crippen LogP contribution in [-0.2, 0) is 9.59 Å². The average Bonchev–Trinajstić information content (AvgIpc) is 3.03. The van der Waals surface area contributed by atoms with Gasteiger partial charge in [0.2, 0.25) is 0 Å². The SMILES string of the molecule is CCCCCN1C(=O)C(=O)/C(=C(\O)c2ccc(OC)cc2C)C1c1ccc(OC)c(O)c1. The normalized spacial score (nSPS) is 17.6. The van der Waals surface area contributed by atoms with E-state index in [0.717, 1.165) is 19.3 Å². The number of aliphatic hydroxyl groups is 1. The van der Waals surface area contributed by atoms with E-state index < -0.39 is 17.7 Å². The molecular weight excluding hydrogens is 410 g/mol. The number of ether oxygens (including phenoxy) is 2. The minimum Gasteiger partial charge on any atom is -0.507 e. The summed E-state index contributed by atoms with van der Waals surface area (Å²) in [5.74, 6) is -0.853. The van der Waals surface area contributed by atoms with Gasteiger partial charge in [-0.05, 0) is 54.8 Å². The maximum absolute atomic E-state index is 13.1. The monoisotopic (exact) mass is 439 g/mol. The minimum absolute atomic E-state index is 0.00401. The number of phenolic OH excluding ortho intramolecular Hbond substituents is 1. The number of carbonyl (C=O) groups is 2. The molecule has 0 saturated carbocycles. The zero-order valence-electron chi connectivity index (χ0n) is 18.8. The maximum atomic E-state index is 13.1. The number of phenols is 1. The molecule has 1 aliphatic rings. The molecule has 1 aliphatic heterocycles. The molecule has 0 radical (unpaired) electrons. The molecule has 0 aliphatic carbocycles. The number of aryl methyl sites for hydroxylation is 1. The van der Waals surface area contributed by atoms with E-state index in [1.54, 1.807) is 44.4 Å². The number of rotatable bonds is 8. The lowest BCUT2D eigenvalue weighted by atomic mass is 9.93. The largest absolute Gasteiger partial charge is 0.507 e. The second-order valence-electron chi connectivity index (χ2n) is 7.81. The van der Waals surface area contributed by atoms with Crippen LogP contribution in [0.1, 0.15) is 48.9 Å². The number of hydrogen-bond acceptors (Lipinski definition) is 6. The Morgan fingerprint density at radius 1 is 1.06 bits per heavy atom. The van der Waals surface area contributed by atoms with Crippen molar-refractivity contribution in [3.63, 3.8) is 0 Å². The van der Waals surface area contributed by atoms with Gasteiger partial charge in [-0.1, -0.05) is 25.8 Å².